The summed E-state index contributed by atoms with van der Waals surface area (Å²) >= 11 is 5.69. The number of aliphatic hydroxyl groups is 1. The number of pyridine rings is 1. The van der Waals surface area contributed by atoms with Gasteiger partial charge in [-0.25, -0.2) is 9.78 Å². The van der Waals surface area contributed by atoms with Crippen molar-refractivity contribution in [3.63, 3.8) is 0 Å². The number of nitrogens with zero attached hydrogens (tertiary/aromatic N) is 1. The number of aromatic carboxylic acids is 1. The van der Waals surface area contributed by atoms with Crippen LogP contribution in [0.5, 0.6) is 0 Å². The van der Waals surface area contributed by atoms with Crippen LogP contribution < -0.4 is 5.32 Å². The molecule has 0 aliphatic heterocycles. The largest absolute Gasteiger partial charge is 0.478 e. The van der Waals surface area contributed by atoms with E-state index in [9.17, 15) is 4.79 Å². The van der Waals surface area contributed by atoms with E-state index in [2.05, 4.69) is 10.3 Å². The summed E-state index contributed by atoms with van der Waals surface area (Å²) in [5.41, 5.74) is 0.0275. The van der Waals surface area contributed by atoms with Crippen molar-refractivity contribution in [2.45, 2.75) is 25.9 Å². The normalized spacial score (nSPS) is 12.2. The van der Waals surface area contributed by atoms with Gasteiger partial charge in [0, 0.05) is 12.7 Å². The van der Waals surface area contributed by atoms with E-state index in [4.69, 9.17) is 21.8 Å². The highest BCUT2D eigenvalue weighted by molar-refractivity contribution is 6.33. The van der Waals surface area contributed by atoms with E-state index >= 15 is 0 Å². The summed E-state index contributed by atoms with van der Waals surface area (Å²) in [6, 6.07) is 1.40. The van der Waals surface area contributed by atoms with Crippen molar-refractivity contribution in [3.8, 4) is 0 Å². The number of carboxylic acids is 1. The van der Waals surface area contributed by atoms with Gasteiger partial charge in [-0.05, 0) is 25.8 Å². The van der Waals surface area contributed by atoms with Crippen LogP contribution in [0.4, 0.5) is 5.82 Å². The lowest BCUT2D eigenvalue weighted by Gasteiger charge is -2.08. The molecule has 94 valence electrons. The number of carboxylic acid groups (broad SMARTS) is 1. The smallest absolute Gasteiger partial charge is 0.337 e. The highest BCUT2D eigenvalue weighted by Gasteiger charge is 2.10. The second-order valence-corrected chi connectivity index (χ2v) is 4.18. The van der Waals surface area contributed by atoms with Crippen LogP contribution in [0.25, 0.3) is 0 Å². The van der Waals surface area contributed by atoms with Gasteiger partial charge < -0.3 is 15.5 Å². The Kier molecular flexibility index (Phi) is 5.18. The summed E-state index contributed by atoms with van der Waals surface area (Å²) in [5.74, 6) is -0.609. The third-order valence-corrected chi connectivity index (χ3v) is 2.49. The lowest BCUT2D eigenvalue weighted by molar-refractivity contribution is 0.0697. The Morgan fingerprint density at radius 3 is 2.94 bits per heavy atom. The molecule has 17 heavy (non-hydrogen) atoms. The van der Waals surface area contributed by atoms with E-state index < -0.39 is 5.97 Å². The molecule has 0 fully saturated rings. The molecule has 0 aromatic carbocycles. The number of aliphatic hydroxyl groups excluding tert-OH is 1. The van der Waals surface area contributed by atoms with Gasteiger partial charge in [0.05, 0.1) is 16.7 Å². The molecular weight excluding hydrogens is 244 g/mol. The number of aromatic nitrogens is 1. The van der Waals surface area contributed by atoms with Gasteiger partial charge in [0.15, 0.2) is 0 Å². The molecule has 3 N–H and O–H groups in total. The summed E-state index contributed by atoms with van der Waals surface area (Å²) < 4.78 is 0. The molecule has 0 saturated carbocycles. The van der Waals surface area contributed by atoms with Crippen molar-refractivity contribution in [3.05, 3.63) is 22.8 Å². The van der Waals surface area contributed by atoms with Crippen LogP contribution in [0.15, 0.2) is 12.3 Å². The first-order chi connectivity index (χ1) is 8.00. The molecule has 1 aromatic rings. The minimum atomic E-state index is -1.08. The third-order valence-electron chi connectivity index (χ3n) is 2.19. The predicted molar refractivity (Wildman–Crippen MR) is 65.6 cm³/mol. The molecule has 0 aliphatic carbocycles. The minimum absolute atomic E-state index is 0.0275. The molecule has 0 amide bonds. The topological polar surface area (TPSA) is 82.5 Å². The fraction of sp³-hybridized carbons (Fsp3) is 0.455. The average Bonchev–Trinajstić information content (AvgIpc) is 2.25. The minimum Gasteiger partial charge on any atom is -0.478 e. The van der Waals surface area contributed by atoms with Gasteiger partial charge in [0.1, 0.15) is 5.82 Å². The molecule has 5 nitrogen and oxygen atoms in total. The highest BCUT2D eigenvalue weighted by Crippen LogP contribution is 2.17. The molecule has 0 radical (unpaired) electrons. The molecule has 1 heterocycles. The van der Waals surface area contributed by atoms with Gasteiger partial charge >= 0.3 is 5.97 Å². The van der Waals surface area contributed by atoms with Crippen molar-refractivity contribution in [1.82, 2.24) is 4.98 Å². The maximum Gasteiger partial charge on any atom is 0.337 e. The first-order valence-electron chi connectivity index (χ1n) is 5.31. The van der Waals surface area contributed by atoms with Gasteiger partial charge in [-0.15, -0.1) is 0 Å². The second-order valence-electron chi connectivity index (χ2n) is 3.77. The molecule has 0 spiro atoms. The molecule has 0 bridgehead atoms. The second kappa shape index (κ2) is 6.42. The Morgan fingerprint density at radius 2 is 2.35 bits per heavy atom. The lowest BCUT2D eigenvalue weighted by Crippen LogP contribution is -2.08. The number of carbonyl (C=O) groups is 1. The van der Waals surface area contributed by atoms with Gasteiger partial charge in [-0.1, -0.05) is 11.6 Å². The monoisotopic (exact) mass is 258 g/mol. The number of anilines is 1. The Balaban J connectivity index is 2.54. The molecule has 1 atom stereocenters. The van der Waals surface area contributed by atoms with Gasteiger partial charge in [-0.2, -0.15) is 0 Å². The third kappa shape index (κ3) is 4.58. The van der Waals surface area contributed by atoms with E-state index in [0.29, 0.717) is 18.8 Å². The number of rotatable bonds is 6. The number of hydrogen-bond donors (Lipinski definition) is 3. The zero-order valence-corrected chi connectivity index (χ0v) is 10.2. The fourth-order valence-electron chi connectivity index (χ4n) is 1.31. The average molecular weight is 259 g/mol. The van der Waals surface area contributed by atoms with Gasteiger partial charge in [-0.3, -0.25) is 0 Å². The highest BCUT2D eigenvalue weighted by atomic mass is 35.5. The van der Waals surface area contributed by atoms with Crippen LogP contribution in [0.1, 0.15) is 30.1 Å². The lowest BCUT2D eigenvalue weighted by atomic mass is 10.2. The van der Waals surface area contributed by atoms with Crippen LogP contribution in [0, 0.1) is 0 Å². The zero-order chi connectivity index (χ0) is 12.8. The molecule has 1 aromatic heterocycles. The van der Waals surface area contributed by atoms with Crippen molar-refractivity contribution < 1.29 is 15.0 Å². The van der Waals surface area contributed by atoms with Gasteiger partial charge in [0.25, 0.3) is 0 Å². The van der Waals surface area contributed by atoms with E-state index in [1.807, 2.05) is 0 Å². The SMILES string of the molecule is CC(O)CCCNc1cc(C(=O)O)c(Cl)cn1. The van der Waals surface area contributed by atoms with E-state index in [-0.39, 0.29) is 16.7 Å². The fourth-order valence-corrected chi connectivity index (χ4v) is 1.50. The number of nitrogens with one attached hydrogen (secondary N) is 1. The van der Waals surface area contributed by atoms with Crippen molar-refractivity contribution >= 4 is 23.4 Å². The Hall–Kier alpha value is -1.33. The van der Waals surface area contributed by atoms with Crippen molar-refractivity contribution in [2.24, 2.45) is 0 Å². The van der Waals surface area contributed by atoms with E-state index in [1.54, 1.807) is 6.92 Å². The quantitative estimate of drug-likeness (QED) is 0.680. The predicted octanol–water partition coefficient (Wildman–Crippen LogP) is 2.01. The standard InChI is InChI=1S/C11H15ClN2O3/c1-7(15)3-2-4-13-10-5-8(11(16)17)9(12)6-14-10/h5-7,15H,2-4H2,1H3,(H,13,14)(H,16,17). The molecule has 0 aliphatic rings. The van der Waals surface area contributed by atoms with Crippen LogP contribution in [-0.4, -0.2) is 33.8 Å². The Bertz CT molecular complexity index is 396. The van der Waals surface area contributed by atoms with Gasteiger partial charge in [0.2, 0.25) is 0 Å². The zero-order valence-electron chi connectivity index (χ0n) is 9.48. The van der Waals surface area contributed by atoms with Crippen LogP contribution in [0.2, 0.25) is 5.02 Å². The first kappa shape index (κ1) is 13.7. The van der Waals surface area contributed by atoms with E-state index in [1.165, 1.54) is 12.3 Å². The maximum atomic E-state index is 10.8. The maximum absolute atomic E-state index is 10.8. The van der Waals surface area contributed by atoms with E-state index in [0.717, 1.165) is 6.42 Å². The van der Waals surface area contributed by atoms with Crippen LogP contribution in [0.3, 0.4) is 0 Å². The Labute approximate surface area is 104 Å². The summed E-state index contributed by atoms with van der Waals surface area (Å²) in [4.78, 5) is 14.8. The van der Waals surface area contributed by atoms with Crippen molar-refractivity contribution in [2.75, 3.05) is 11.9 Å². The first-order valence-corrected chi connectivity index (χ1v) is 5.69. The molecule has 0 saturated heterocycles. The summed E-state index contributed by atoms with van der Waals surface area (Å²) in [7, 11) is 0. The van der Waals surface area contributed by atoms with Crippen LogP contribution in [-0.2, 0) is 0 Å². The molecule has 6 heteroatoms. The summed E-state index contributed by atoms with van der Waals surface area (Å²) in [6.45, 7) is 2.35. The molecule has 1 rings (SSSR count). The van der Waals surface area contributed by atoms with Crippen molar-refractivity contribution in [1.29, 1.82) is 0 Å². The molecule has 1 unspecified atom stereocenters. The number of hydrogen-bond acceptors (Lipinski definition) is 4. The molecular formula is C11H15ClN2O3. The summed E-state index contributed by atoms with van der Waals surface area (Å²) in [5, 5.41) is 21.0. The number of halogens is 1. The Morgan fingerprint density at radius 1 is 1.65 bits per heavy atom. The summed E-state index contributed by atoms with van der Waals surface area (Å²) in [6.07, 6.45) is 2.45. The van der Waals surface area contributed by atoms with Crippen LogP contribution >= 0.6 is 11.6 Å².